The van der Waals surface area contributed by atoms with E-state index in [-0.39, 0.29) is 22.7 Å². The number of hydrogen-bond donors (Lipinski definition) is 2. The Kier molecular flexibility index (Phi) is 4.75. The van der Waals surface area contributed by atoms with Crippen molar-refractivity contribution in [3.8, 4) is 0 Å². The molecule has 0 aromatic carbocycles. The molecule has 162 valence electrons. The number of Topliss-reactive ketones (excluding diaryl/α,β-unsaturated/α-hetero) is 1. The van der Waals surface area contributed by atoms with Gasteiger partial charge in [-0.2, -0.15) is 0 Å². The van der Waals surface area contributed by atoms with Gasteiger partial charge in [0.15, 0.2) is 0 Å². The molecule has 0 bridgehead atoms. The van der Waals surface area contributed by atoms with E-state index in [0.29, 0.717) is 35.9 Å². The standard InChI is InChI=1S/C26H35NO3/c1-25-14-12-22(28)23(21-6-4-3-5-15-27-21)19(25)8-7-16-17-9-10-20(24(29)30)26(17,2)13-11-18(16)25/h3-6,15-20,23,27H,7-14H2,1-2H3,(H,29,30)/t16-,17-,18-,19?,20+,23?,25+,26-/m0/s1. The van der Waals surface area contributed by atoms with Gasteiger partial charge in [-0.15, -0.1) is 0 Å². The summed E-state index contributed by atoms with van der Waals surface area (Å²) in [5.74, 6) is 1.77. The highest BCUT2D eigenvalue weighted by Gasteiger charge is 2.62. The molecule has 4 nitrogen and oxygen atoms in total. The summed E-state index contributed by atoms with van der Waals surface area (Å²) in [7, 11) is 0. The van der Waals surface area contributed by atoms with Crippen molar-refractivity contribution < 1.29 is 14.7 Å². The fourth-order valence-corrected chi connectivity index (χ4v) is 8.64. The molecule has 2 unspecified atom stereocenters. The molecule has 0 spiro atoms. The van der Waals surface area contributed by atoms with Gasteiger partial charge < -0.3 is 10.4 Å². The van der Waals surface area contributed by atoms with Gasteiger partial charge in [-0.25, -0.2) is 0 Å². The third kappa shape index (κ3) is 2.78. The van der Waals surface area contributed by atoms with E-state index >= 15 is 0 Å². The Morgan fingerprint density at radius 2 is 1.73 bits per heavy atom. The summed E-state index contributed by atoms with van der Waals surface area (Å²) in [5, 5.41) is 13.2. The first kappa shape index (κ1) is 20.1. The summed E-state index contributed by atoms with van der Waals surface area (Å²) in [4.78, 5) is 25.1. The van der Waals surface area contributed by atoms with E-state index in [0.717, 1.165) is 50.6 Å². The molecular formula is C26H35NO3. The average molecular weight is 410 g/mol. The number of fused-ring (bicyclic) bond motifs is 5. The lowest BCUT2D eigenvalue weighted by molar-refractivity contribution is -0.157. The van der Waals surface area contributed by atoms with E-state index in [4.69, 9.17) is 0 Å². The number of carboxylic acids is 1. The smallest absolute Gasteiger partial charge is 0.307 e. The van der Waals surface area contributed by atoms with Gasteiger partial charge in [0, 0.05) is 18.3 Å². The second-order valence-corrected chi connectivity index (χ2v) is 11.0. The maximum absolute atomic E-state index is 13.1. The lowest BCUT2D eigenvalue weighted by Gasteiger charge is -2.61. The molecule has 0 radical (unpaired) electrons. The Bertz CT molecular complexity index is 841. The molecule has 2 N–H and O–H groups in total. The number of allylic oxidation sites excluding steroid dienone is 5. The predicted molar refractivity (Wildman–Crippen MR) is 116 cm³/mol. The Balaban J connectivity index is 1.46. The number of rotatable bonds is 2. The summed E-state index contributed by atoms with van der Waals surface area (Å²) < 4.78 is 0. The summed E-state index contributed by atoms with van der Waals surface area (Å²) >= 11 is 0. The van der Waals surface area contributed by atoms with Gasteiger partial charge in [-0.1, -0.05) is 26.0 Å². The van der Waals surface area contributed by atoms with Crippen molar-refractivity contribution in [1.29, 1.82) is 0 Å². The van der Waals surface area contributed by atoms with Crippen molar-refractivity contribution in [3.63, 3.8) is 0 Å². The lowest BCUT2D eigenvalue weighted by Crippen LogP contribution is -2.56. The molecule has 1 aliphatic heterocycles. The minimum absolute atomic E-state index is 0.0271. The van der Waals surface area contributed by atoms with Crippen LogP contribution in [0.3, 0.4) is 0 Å². The summed E-state index contributed by atoms with van der Waals surface area (Å²) in [6.07, 6.45) is 18.0. The fraction of sp³-hybridized carbons (Fsp3) is 0.692. The molecular weight excluding hydrogens is 374 g/mol. The van der Waals surface area contributed by atoms with Crippen LogP contribution in [0, 0.1) is 46.3 Å². The van der Waals surface area contributed by atoms with E-state index in [9.17, 15) is 14.7 Å². The number of carboxylic acid groups (broad SMARTS) is 1. The Labute approximate surface area is 179 Å². The minimum Gasteiger partial charge on any atom is -0.481 e. The van der Waals surface area contributed by atoms with E-state index in [2.05, 4.69) is 25.2 Å². The molecule has 5 rings (SSSR count). The van der Waals surface area contributed by atoms with Gasteiger partial charge in [0.2, 0.25) is 0 Å². The van der Waals surface area contributed by atoms with Crippen molar-refractivity contribution in [2.24, 2.45) is 46.3 Å². The Morgan fingerprint density at radius 1 is 0.967 bits per heavy atom. The van der Waals surface area contributed by atoms with Crippen molar-refractivity contribution in [2.45, 2.75) is 65.2 Å². The molecule has 0 amide bonds. The molecule has 1 heterocycles. The first-order valence-electron chi connectivity index (χ1n) is 11.9. The number of hydrogen-bond acceptors (Lipinski definition) is 3. The van der Waals surface area contributed by atoms with E-state index in [1.807, 2.05) is 24.4 Å². The average Bonchev–Trinajstić information content (AvgIpc) is 2.87. The maximum Gasteiger partial charge on any atom is 0.307 e. The van der Waals surface area contributed by atoms with Crippen LogP contribution in [-0.2, 0) is 9.59 Å². The molecule has 0 aromatic heterocycles. The number of aliphatic carboxylic acids is 1. The second-order valence-electron chi connectivity index (χ2n) is 11.0. The van der Waals surface area contributed by atoms with Crippen molar-refractivity contribution in [3.05, 3.63) is 36.2 Å². The van der Waals surface area contributed by atoms with Crippen molar-refractivity contribution in [1.82, 2.24) is 5.32 Å². The van der Waals surface area contributed by atoms with Gasteiger partial charge >= 0.3 is 5.97 Å². The predicted octanol–water partition coefficient (Wildman–Crippen LogP) is 5.08. The molecule has 4 fully saturated rings. The van der Waals surface area contributed by atoms with Crippen LogP contribution in [0.5, 0.6) is 0 Å². The summed E-state index contributed by atoms with van der Waals surface area (Å²) in [6, 6.07) is 0. The van der Waals surface area contributed by atoms with Crippen LogP contribution in [-0.4, -0.2) is 16.9 Å². The van der Waals surface area contributed by atoms with E-state index < -0.39 is 5.97 Å². The van der Waals surface area contributed by atoms with Crippen molar-refractivity contribution in [2.75, 3.05) is 0 Å². The van der Waals surface area contributed by atoms with Crippen LogP contribution in [0.2, 0.25) is 0 Å². The largest absolute Gasteiger partial charge is 0.481 e. The third-order valence-corrected chi connectivity index (χ3v) is 10.1. The molecule has 4 aliphatic carbocycles. The Hall–Kier alpha value is -1.84. The van der Waals surface area contributed by atoms with Crippen LogP contribution >= 0.6 is 0 Å². The van der Waals surface area contributed by atoms with E-state index in [1.165, 1.54) is 0 Å². The highest BCUT2D eigenvalue weighted by atomic mass is 16.4. The van der Waals surface area contributed by atoms with Crippen LogP contribution < -0.4 is 5.32 Å². The van der Waals surface area contributed by atoms with Crippen LogP contribution in [0.1, 0.15) is 65.2 Å². The number of nitrogens with one attached hydrogen (secondary N) is 1. The third-order valence-electron chi connectivity index (χ3n) is 10.1. The van der Waals surface area contributed by atoms with Gasteiger partial charge in [0.25, 0.3) is 0 Å². The number of carbonyl (C=O) groups is 2. The molecule has 5 aliphatic rings. The van der Waals surface area contributed by atoms with Crippen LogP contribution in [0.4, 0.5) is 0 Å². The van der Waals surface area contributed by atoms with Crippen molar-refractivity contribution >= 4 is 11.8 Å². The molecule has 0 aromatic rings. The van der Waals surface area contributed by atoms with Gasteiger partial charge in [0.05, 0.1) is 11.8 Å². The number of ketones is 1. The maximum atomic E-state index is 13.1. The van der Waals surface area contributed by atoms with Gasteiger partial charge in [-0.3, -0.25) is 9.59 Å². The zero-order valence-corrected chi connectivity index (χ0v) is 18.3. The first-order chi connectivity index (χ1) is 14.4. The first-order valence-corrected chi connectivity index (χ1v) is 11.9. The second kappa shape index (κ2) is 7.10. The summed E-state index contributed by atoms with van der Waals surface area (Å²) in [5.41, 5.74) is 1.19. The molecule has 0 saturated heterocycles. The highest BCUT2D eigenvalue weighted by molar-refractivity contribution is 5.85. The highest BCUT2D eigenvalue weighted by Crippen LogP contribution is 2.68. The molecule has 4 heteroatoms. The van der Waals surface area contributed by atoms with Crippen LogP contribution in [0.25, 0.3) is 0 Å². The zero-order valence-electron chi connectivity index (χ0n) is 18.3. The molecule has 30 heavy (non-hydrogen) atoms. The molecule has 4 saturated carbocycles. The topological polar surface area (TPSA) is 66.4 Å². The quantitative estimate of drug-likeness (QED) is 0.667. The normalized spacial score (nSPS) is 47.4. The van der Waals surface area contributed by atoms with Gasteiger partial charge in [-0.05, 0) is 91.6 Å². The van der Waals surface area contributed by atoms with Gasteiger partial charge in [0.1, 0.15) is 5.78 Å². The summed E-state index contributed by atoms with van der Waals surface area (Å²) in [6.45, 7) is 4.73. The fourth-order valence-electron chi connectivity index (χ4n) is 8.64. The zero-order chi connectivity index (χ0) is 21.1. The Morgan fingerprint density at radius 3 is 2.53 bits per heavy atom. The SMILES string of the molecule is C[C@]12CC[C@H]3[C@@H](CCC4C(C5=CC=CC=CN5)C(=O)CC[C@@]43C)[C@@H]1CC[C@@H]2C(=O)O. The lowest BCUT2D eigenvalue weighted by atomic mass is 9.43. The monoisotopic (exact) mass is 409 g/mol. The van der Waals surface area contributed by atoms with Crippen LogP contribution in [0.15, 0.2) is 36.2 Å². The molecule has 8 atom stereocenters. The van der Waals surface area contributed by atoms with E-state index in [1.54, 1.807) is 0 Å². The minimum atomic E-state index is -0.589. The number of carbonyl (C=O) groups excluding carboxylic acids is 1.